The maximum atomic E-state index is 13.0. The first-order valence-corrected chi connectivity index (χ1v) is 9.26. The summed E-state index contributed by atoms with van der Waals surface area (Å²) in [5.41, 5.74) is 1.52. The van der Waals surface area contributed by atoms with E-state index in [9.17, 15) is 9.59 Å². The fraction of sp³-hybridized carbons (Fsp3) is 0.474. The van der Waals surface area contributed by atoms with Crippen molar-refractivity contribution in [2.45, 2.75) is 38.3 Å². The van der Waals surface area contributed by atoms with Gasteiger partial charge in [-0.3, -0.25) is 9.69 Å². The second kappa shape index (κ2) is 5.65. The number of benzene rings is 1. The van der Waals surface area contributed by atoms with Gasteiger partial charge in [0.15, 0.2) is 0 Å². The van der Waals surface area contributed by atoms with E-state index < -0.39 is 6.04 Å². The minimum Gasteiger partial charge on any atom is -0.312 e. The number of nitrogens with zero attached hydrogens (tertiary/aromatic N) is 5. The SMILES string of the molecule is CC(c1cn(-c2ccccc2)nn1)N1C(=O)[C@@H]2[C@@H]3CCC[C@@H]3CN2C1=O. The lowest BCUT2D eigenvalue weighted by molar-refractivity contribution is -0.130. The minimum absolute atomic E-state index is 0.0637. The van der Waals surface area contributed by atoms with Crippen LogP contribution in [0.2, 0.25) is 0 Å². The predicted molar refractivity (Wildman–Crippen MR) is 93.3 cm³/mol. The number of urea groups is 1. The smallest absolute Gasteiger partial charge is 0.312 e. The Morgan fingerprint density at radius 2 is 1.96 bits per heavy atom. The maximum absolute atomic E-state index is 13.0. The molecule has 5 rings (SSSR count). The number of para-hydroxylation sites is 1. The quantitative estimate of drug-likeness (QED) is 0.796. The van der Waals surface area contributed by atoms with Gasteiger partial charge in [-0.15, -0.1) is 5.10 Å². The van der Waals surface area contributed by atoms with Gasteiger partial charge in [0.05, 0.1) is 17.9 Å². The van der Waals surface area contributed by atoms with Crippen LogP contribution < -0.4 is 0 Å². The van der Waals surface area contributed by atoms with Crippen LogP contribution in [0.15, 0.2) is 36.5 Å². The highest BCUT2D eigenvalue weighted by Crippen LogP contribution is 2.46. The molecule has 2 aliphatic heterocycles. The Kier molecular flexibility index (Phi) is 3.38. The third-order valence-corrected chi connectivity index (χ3v) is 6.18. The molecule has 1 aromatic carbocycles. The van der Waals surface area contributed by atoms with Crippen LogP contribution in [-0.2, 0) is 4.79 Å². The lowest BCUT2D eigenvalue weighted by Gasteiger charge is -2.22. The number of carbonyl (C=O) groups excluding carboxylic acids is 2. The molecule has 3 aliphatic rings. The standard InChI is InChI=1S/C19H21N5O2/c1-12(16-11-23(21-20-16)14-7-3-2-4-8-14)24-18(25)17-15-9-5-6-13(15)10-22(17)19(24)26/h2-4,7-8,11-13,15,17H,5-6,9-10H2,1H3/t12?,13-,15-,17+/m1/s1. The highest BCUT2D eigenvalue weighted by Gasteiger charge is 2.58. The highest BCUT2D eigenvalue weighted by atomic mass is 16.2. The normalized spacial score (nSPS) is 28.6. The average Bonchev–Trinajstić information content (AvgIpc) is 3.39. The van der Waals surface area contributed by atoms with E-state index in [-0.39, 0.29) is 18.0 Å². The zero-order chi connectivity index (χ0) is 17.8. The van der Waals surface area contributed by atoms with Crippen molar-refractivity contribution < 1.29 is 9.59 Å². The zero-order valence-electron chi connectivity index (χ0n) is 14.7. The molecule has 3 heterocycles. The van der Waals surface area contributed by atoms with Crippen LogP contribution in [0.5, 0.6) is 0 Å². The summed E-state index contributed by atoms with van der Waals surface area (Å²) < 4.78 is 1.67. The molecule has 3 amide bonds. The van der Waals surface area contributed by atoms with Gasteiger partial charge in [0, 0.05) is 6.54 Å². The number of carbonyl (C=O) groups is 2. The van der Waals surface area contributed by atoms with E-state index >= 15 is 0 Å². The Morgan fingerprint density at radius 1 is 1.15 bits per heavy atom. The molecule has 3 fully saturated rings. The van der Waals surface area contributed by atoms with Crippen molar-refractivity contribution in [1.29, 1.82) is 0 Å². The van der Waals surface area contributed by atoms with Gasteiger partial charge < -0.3 is 4.90 Å². The van der Waals surface area contributed by atoms with E-state index in [1.807, 2.05) is 37.3 Å². The summed E-state index contributed by atoms with van der Waals surface area (Å²) in [5, 5.41) is 8.37. The van der Waals surface area contributed by atoms with Crippen LogP contribution in [0.3, 0.4) is 0 Å². The Labute approximate surface area is 151 Å². The molecule has 26 heavy (non-hydrogen) atoms. The second-order valence-electron chi connectivity index (χ2n) is 7.54. The van der Waals surface area contributed by atoms with E-state index in [2.05, 4.69) is 10.3 Å². The van der Waals surface area contributed by atoms with Crippen molar-refractivity contribution >= 4 is 11.9 Å². The molecule has 1 unspecified atom stereocenters. The third kappa shape index (κ3) is 2.12. The van der Waals surface area contributed by atoms with E-state index in [0.29, 0.717) is 17.5 Å². The summed E-state index contributed by atoms with van der Waals surface area (Å²) in [4.78, 5) is 29.1. The summed E-state index contributed by atoms with van der Waals surface area (Å²) in [7, 11) is 0. The van der Waals surface area contributed by atoms with Crippen molar-refractivity contribution in [2.75, 3.05) is 6.54 Å². The first-order valence-electron chi connectivity index (χ1n) is 9.26. The molecule has 2 saturated heterocycles. The van der Waals surface area contributed by atoms with Crippen LogP contribution in [-0.4, -0.2) is 49.3 Å². The van der Waals surface area contributed by atoms with Crippen LogP contribution >= 0.6 is 0 Å². The topological polar surface area (TPSA) is 71.3 Å². The summed E-state index contributed by atoms with van der Waals surface area (Å²) in [6.45, 7) is 2.57. The maximum Gasteiger partial charge on any atom is 0.328 e. The molecule has 1 aromatic heterocycles. The molecule has 4 atom stereocenters. The van der Waals surface area contributed by atoms with Crippen molar-refractivity contribution in [2.24, 2.45) is 11.8 Å². The molecule has 7 heteroatoms. The predicted octanol–water partition coefficient (Wildman–Crippen LogP) is 2.39. The van der Waals surface area contributed by atoms with Crippen LogP contribution in [0.1, 0.15) is 37.9 Å². The fourth-order valence-electron chi connectivity index (χ4n) is 4.86. The van der Waals surface area contributed by atoms with Gasteiger partial charge in [-0.1, -0.05) is 29.8 Å². The van der Waals surface area contributed by atoms with Crippen LogP contribution in [0, 0.1) is 11.8 Å². The summed E-state index contributed by atoms with van der Waals surface area (Å²) in [6.07, 6.45) is 5.15. The molecule has 0 spiro atoms. The minimum atomic E-state index is -0.419. The van der Waals surface area contributed by atoms with E-state index in [1.54, 1.807) is 15.8 Å². The van der Waals surface area contributed by atoms with Crippen LogP contribution in [0.4, 0.5) is 4.79 Å². The number of aromatic nitrogens is 3. The largest absolute Gasteiger partial charge is 0.328 e. The molecule has 134 valence electrons. The van der Waals surface area contributed by atoms with Gasteiger partial charge >= 0.3 is 6.03 Å². The van der Waals surface area contributed by atoms with Gasteiger partial charge in [0.25, 0.3) is 5.91 Å². The van der Waals surface area contributed by atoms with Gasteiger partial charge in [-0.25, -0.2) is 9.48 Å². The molecule has 0 N–H and O–H groups in total. The first kappa shape index (κ1) is 15.5. The molecular weight excluding hydrogens is 330 g/mol. The lowest BCUT2D eigenvalue weighted by Crippen LogP contribution is -2.37. The summed E-state index contributed by atoms with van der Waals surface area (Å²) in [6, 6.07) is 8.82. The van der Waals surface area contributed by atoms with E-state index in [0.717, 1.165) is 25.1 Å². The molecule has 0 radical (unpaired) electrons. The van der Waals surface area contributed by atoms with Crippen LogP contribution in [0.25, 0.3) is 5.69 Å². The number of rotatable bonds is 3. The molecule has 2 aromatic rings. The van der Waals surface area contributed by atoms with E-state index in [1.165, 1.54) is 11.3 Å². The average molecular weight is 351 g/mol. The summed E-state index contributed by atoms with van der Waals surface area (Å²) >= 11 is 0. The fourth-order valence-corrected chi connectivity index (χ4v) is 4.86. The Balaban J connectivity index is 1.41. The highest BCUT2D eigenvalue weighted by molar-refractivity contribution is 6.05. The van der Waals surface area contributed by atoms with Crippen molar-refractivity contribution in [3.05, 3.63) is 42.2 Å². The van der Waals surface area contributed by atoms with Gasteiger partial charge in [-0.2, -0.15) is 0 Å². The molecular formula is C19H21N5O2. The van der Waals surface area contributed by atoms with Gasteiger partial charge in [0.1, 0.15) is 11.7 Å². The Morgan fingerprint density at radius 3 is 2.77 bits per heavy atom. The zero-order valence-corrected chi connectivity index (χ0v) is 14.7. The lowest BCUT2D eigenvalue weighted by atomic mass is 9.93. The van der Waals surface area contributed by atoms with Crippen molar-refractivity contribution in [1.82, 2.24) is 24.8 Å². The number of fused-ring (bicyclic) bond motifs is 3. The Hall–Kier alpha value is -2.70. The van der Waals surface area contributed by atoms with Crippen molar-refractivity contribution in [3.63, 3.8) is 0 Å². The molecule has 7 nitrogen and oxygen atoms in total. The summed E-state index contributed by atoms with van der Waals surface area (Å²) in [5.74, 6) is 0.777. The monoisotopic (exact) mass is 351 g/mol. The molecule has 1 saturated carbocycles. The van der Waals surface area contributed by atoms with Gasteiger partial charge in [-0.05, 0) is 43.7 Å². The number of amides is 3. The Bertz CT molecular complexity index is 864. The second-order valence-corrected chi connectivity index (χ2v) is 7.54. The third-order valence-electron chi connectivity index (χ3n) is 6.18. The number of hydrogen-bond acceptors (Lipinski definition) is 4. The number of imide groups is 1. The molecule has 0 bridgehead atoms. The van der Waals surface area contributed by atoms with E-state index in [4.69, 9.17) is 0 Å². The van der Waals surface area contributed by atoms with Crippen molar-refractivity contribution in [3.8, 4) is 5.69 Å². The first-order chi connectivity index (χ1) is 12.6. The molecule has 1 aliphatic carbocycles. The van der Waals surface area contributed by atoms with Gasteiger partial charge in [0.2, 0.25) is 0 Å². The number of hydrogen-bond donors (Lipinski definition) is 0.